The molecule has 0 fully saturated rings. The fourth-order valence-electron chi connectivity index (χ4n) is 3.33. The Hall–Kier alpha value is -3.64. The van der Waals surface area contributed by atoms with Crippen LogP contribution in [-0.2, 0) is 13.2 Å². The molecular weight excluding hydrogens is 441 g/mol. The molecule has 0 amide bonds. The van der Waals surface area contributed by atoms with Crippen LogP contribution in [0, 0.1) is 11.6 Å². The van der Waals surface area contributed by atoms with Crippen LogP contribution in [0.25, 0.3) is 28.0 Å². The van der Waals surface area contributed by atoms with E-state index in [-0.39, 0.29) is 22.6 Å². The third kappa shape index (κ3) is 4.61. The Balaban J connectivity index is 2.03. The van der Waals surface area contributed by atoms with E-state index in [9.17, 15) is 18.0 Å². The number of aliphatic hydroxyl groups is 3. The normalized spacial score (nSPS) is 11.8. The Morgan fingerprint density at radius 2 is 1.61 bits per heavy atom. The van der Waals surface area contributed by atoms with Gasteiger partial charge in [0.2, 0.25) is 0 Å². The van der Waals surface area contributed by atoms with E-state index in [1.807, 2.05) is 5.32 Å². The summed E-state index contributed by atoms with van der Waals surface area (Å²) in [5, 5.41) is 29.6. The third-order valence-corrected chi connectivity index (χ3v) is 4.82. The molecule has 0 atom stereocenters. The van der Waals surface area contributed by atoms with Gasteiger partial charge in [-0.25, -0.2) is 28.5 Å². The van der Waals surface area contributed by atoms with Crippen LogP contribution in [-0.4, -0.2) is 36.0 Å². The van der Waals surface area contributed by atoms with E-state index in [0.717, 1.165) is 28.8 Å². The first kappa shape index (κ1) is 22.6. The van der Waals surface area contributed by atoms with Crippen LogP contribution in [0.4, 0.5) is 13.2 Å². The lowest BCUT2D eigenvalue weighted by atomic mass is 10.1. The molecule has 8 nitrogen and oxygen atoms in total. The molecule has 4 rings (SSSR count). The second-order valence-corrected chi connectivity index (χ2v) is 7.12. The first-order valence-corrected chi connectivity index (χ1v) is 9.62. The fraction of sp³-hybridized carbons (Fsp3) is 0.136. The molecule has 11 heteroatoms. The second-order valence-electron chi connectivity index (χ2n) is 7.12. The molecule has 0 aliphatic heterocycles. The molecule has 0 bridgehead atoms. The van der Waals surface area contributed by atoms with Gasteiger partial charge in [0.05, 0.1) is 12.2 Å². The van der Waals surface area contributed by atoms with Crippen molar-refractivity contribution in [2.75, 3.05) is 0 Å². The van der Waals surface area contributed by atoms with Gasteiger partial charge in [-0.15, -0.1) is 0 Å². The molecule has 0 aliphatic carbocycles. The van der Waals surface area contributed by atoms with E-state index < -0.39 is 42.2 Å². The van der Waals surface area contributed by atoms with Gasteiger partial charge in [0, 0.05) is 17.0 Å². The predicted molar refractivity (Wildman–Crippen MR) is 112 cm³/mol. The number of hydrogen-bond donors (Lipinski definition) is 4. The highest BCUT2D eigenvalue weighted by atomic mass is 19.1. The zero-order valence-electron chi connectivity index (χ0n) is 16.8. The lowest BCUT2D eigenvalue weighted by Gasteiger charge is -2.17. The van der Waals surface area contributed by atoms with Crippen molar-refractivity contribution in [2.45, 2.75) is 19.3 Å². The first-order valence-electron chi connectivity index (χ1n) is 9.62. The number of halogens is 3. The lowest BCUT2D eigenvalue weighted by molar-refractivity contribution is -0.332. The van der Waals surface area contributed by atoms with Gasteiger partial charge in [0.15, 0.2) is 5.65 Å². The number of alkyl halides is 1. The van der Waals surface area contributed by atoms with Gasteiger partial charge in [-0.1, -0.05) is 30.3 Å². The van der Waals surface area contributed by atoms with Crippen molar-refractivity contribution in [3.63, 3.8) is 0 Å². The van der Waals surface area contributed by atoms with Crippen LogP contribution in [0.15, 0.2) is 59.4 Å². The highest BCUT2D eigenvalue weighted by Gasteiger charge is 2.21. The molecule has 0 saturated heterocycles. The highest BCUT2D eigenvalue weighted by Crippen LogP contribution is 2.28. The van der Waals surface area contributed by atoms with Gasteiger partial charge in [-0.2, -0.15) is 0 Å². The van der Waals surface area contributed by atoms with E-state index in [2.05, 4.69) is 9.97 Å². The number of para-hydroxylation sites is 1. The summed E-state index contributed by atoms with van der Waals surface area (Å²) in [6, 6.07) is 11.8. The molecule has 2 aromatic heterocycles. The van der Waals surface area contributed by atoms with Crippen LogP contribution in [0.1, 0.15) is 11.4 Å². The number of fused-ring (bicyclic) bond motifs is 1. The molecule has 0 aliphatic rings. The number of nitrogens with one attached hydrogen (secondary N) is 1. The summed E-state index contributed by atoms with van der Waals surface area (Å²) in [5.41, 5.74) is -0.471. The molecule has 0 radical (unpaired) electrons. The fourth-order valence-corrected chi connectivity index (χ4v) is 3.33. The lowest BCUT2D eigenvalue weighted by Crippen LogP contribution is -2.44. The van der Waals surface area contributed by atoms with Gasteiger partial charge in [0.25, 0.3) is 5.56 Å². The van der Waals surface area contributed by atoms with Crippen LogP contribution < -0.4 is 10.9 Å². The predicted octanol–water partition coefficient (Wildman–Crippen LogP) is 1.87. The van der Waals surface area contributed by atoms with Gasteiger partial charge >= 0.3 is 6.10 Å². The summed E-state index contributed by atoms with van der Waals surface area (Å²) in [5.74, 6) is -2.14. The van der Waals surface area contributed by atoms with Crippen molar-refractivity contribution in [3.8, 4) is 16.9 Å². The minimum Gasteiger partial charge on any atom is -0.330 e. The van der Waals surface area contributed by atoms with Crippen LogP contribution in [0.3, 0.4) is 0 Å². The Kier molecular flexibility index (Phi) is 5.95. The molecule has 4 aromatic rings. The summed E-state index contributed by atoms with van der Waals surface area (Å²) < 4.78 is 42.8. The number of aromatic nitrogens is 3. The molecule has 0 saturated carbocycles. The maximum atomic E-state index is 14.6. The van der Waals surface area contributed by atoms with Gasteiger partial charge in [0.1, 0.15) is 29.8 Å². The van der Waals surface area contributed by atoms with Crippen molar-refractivity contribution < 1.29 is 28.5 Å². The van der Waals surface area contributed by atoms with Gasteiger partial charge in [-0.3, -0.25) is 9.36 Å². The molecule has 4 N–H and O–H groups in total. The van der Waals surface area contributed by atoms with Crippen LogP contribution in [0.2, 0.25) is 0 Å². The first-order chi connectivity index (χ1) is 15.7. The standard InChI is InChI=1S/C22H17F3N4O4/c23-10-12-4-6-13(7-5-12)19-14-8-9-18(30)29(20-15(24)2-1-3-16(20)25)21(14)28-17(27-19)11-26-22(31,32)33/h1-9,26,31-33H,10-11H2. The average Bonchev–Trinajstić information content (AvgIpc) is 2.78. The number of benzene rings is 2. The van der Waals surface area contributed by atoms with E-state index in [0.29, 0.717) is 11.1 Å². The molecular formula is C22H17F3N4O4. The number of rotatable bonds is 6. The molecule has 0 spiro atoms. The molecule has 0 unspecified atom stereocenters. The van der Waals surface area contributed by atoms with Crippen molar-refractivity contribution in [1.82, 2.24) is 19.9 Å². The van der Waals surface area contributed by atoms with Gasteiger partial charge in [-0.05, 0) is 23.8 Å². The maximum absolute atomic E-state index is 14.6. The SMILES string of the molecule is O=c1ccc2c(-c3ccc(CF)cc3)nc(CNC(O)(O)O)nc2n1-c1c(F)cccc1F. The second kappa shape index (κ2) is 8.71. The molecule has 2 aromatic carbocycles. The molecule has 2 heterocycles. The topological polar surface area (TPSA) is 120 Å². The average molecular weight is 458 g/mol. The summed E-state index contributed by atoms with van der Waals surface area (Å²) in [6.45, 7) is -1.17. The van der Waals surface area contributed by atoms with Crippen LogP contribution >= 0.6 is 0 Å². The minimum atomic E-state index is -3.24. The van der Waals surface area contributed by atoms with E-state index in [1.165, 1.54) is 18.2 Å². The summed E-state index contributed by atoms with van der Waals surface area (Å²) in [6.07, 6.45) is -3.24. The van der Waals surface area contributed by atoms with Crippen molar-refractivity contribution in [1.29, 1.82) is 0 Å². The Labute approximate surface area is 184 Å². The van der Waals surface area contributed by atoms with Crippen LogP contribution in [0.5, 0.6) is 0 Å². The van der Waals surface area contributed by atoms with Gasteiger partial charge < -0.3 is 15.3 Å². The van der Waals surface area contributed by atoms with E-state index in [1.54, 1.807) is 12.1 Å². The zero-order valence-corrected chi connectivity index (χ0v) is 16.8. The van der Waals surface area contributed by atoms with Crippen molar-refractivity contribution >= 4 is 11.0 Å². The summed E-state index contributed by atoms with van der Waals surface area (Å²) in [7, 11) is 0. The highest BCUT2D eigenvalue weighted by molar-refractivity contribution is 5.91. The largest absolute Gasteiger partial charge is 0.343 e. The number of pyridine rings is 1. The quantitative estimate of drug-likeness (QED) is 0.326. The Morgan fingerprint density at radius 1 is 0.939 bits per heavy atom. The van der Waals surface area contributed by atoms with E-state index in [4.69, 9.17) is 15.3 Å². The monoisotopic (exact) mass is 458 g/mol. The number of hydrogen-bond acceptors (Lipinski definition) is 7. The summed E-state index contributed by atoms with van der Waals surface area (Å²) in [4.78, 5) is 21.2. The summed E-state index contributed by atoms with van der Waals surface area (Å²) >= 11 is 0. The molecule has 170 valence electrons. The van der Waals surface area contributed by atoms with E-state index >= 15 is 0 Å². The van der Waals surface area contributed by atoms with Crippen molar-refractivity contribution in [3.05, 3.63) is 88.0 Å². The third-order valence-electron chi connectivity index (χ3n) is 4.82. The minimum absolute atomic E-state index is 0.135. The molecule has 33 heavy (non-hydrogen) atoms. The Morgan fingerprint density at radius 3 is 2.21 bits per heavy atom. The number of nitrogens with zero attached hydrogens (tertiary/aromatic N) is 3. The smallest absolute Gasteiger partial charge is 0.330 e. The maximum Gasteiger partial charge on any atom is 0.343 e. The Bertz CT molecular complexity index is 1370. The zero-order chi connectivity index (χ0) is 23.8. The van der Waals surface area contributed by atoms with Crippen molar-refractivity contribution in [2.24, 2.45) is 0 Å².